The second-order valence-corrected chi connectivity index (χ2v) is 6.04. The van der Waals surface area contributed by atoms with E-state index in [9.17, 15) is 0 Å². The zero-order valence-electron chi connectivity index (χ0n) is 12.5. The highest BCUT2D eigenvalue weighted by Crippen LogP contribution is 2.38. The van der Waals surface area contributed by atoms with Crippen LogP contribution < -0.4 is 19.7 Å². The zero-order chi connectivity index (χ0) is 15.5. The van der Waals surface area contributed by atoms with E-state index >= 15 is 0 Å². The zero-order valence-corrected chi connectivity index (χ0v) is 14.1. The third-order valence-corrected chi connectivity index (χ3v) is 3.78. The molecule has 22 heavy (non-hydrogen) atoms. The molecule has 0 amide bonds. The maximum absolute atomic E-state index is 5.73. The quantitative estimate of drug-likeness (QED) is 0.863. The highest BCUT2D eigenvalue weighted by molar-refractivity contribution is 9.10. The Morgan fingerprint density at radius 3 is 2.91 bits per heavy atom. The molecule has 8 heteroatoms. The Labute approximate surface area is 137 Å². The average Bonchev–Trinajstić information content (AvgIpc) is 2.84. The van der Waals surface area contributed by atoms with Gasteiger partial charge in [0.05, 0.1) is 17.7 Å². The second kappa shape index (κ2) is 6.43. The highest BCUT2D eigenvalue weighted by Gasteiger charge is 2.15. The van der Waals surface area contributed by atoms with Gasteiger partial charge < -0.3 is 19.7 Å². The maximum atomic E-state index is 5.73. The van der Waals surface area contributed by atoms with Gasteiger partial charge in [0.25, 0.3) is 0 Å². The smallest absolute Gasteiger partial charge is 0.245 e. The molecular weight excluding hydrogens is 350 g/mol. The van der Waals surface area contributed by atoms with Crippen LogP contribution in [0.3, 0.4) is 0 Å². The van der Waals surface area contributed by atoms with Gasteiger partial charge in [-0.3, -0.25) is 0 Å². The maximum Gasteiger partial charge on any atom is 0.245 e. The number of hydrogen-bond acceptors (Lipinski definition) is 6. The van der Waals surface area contributed by atoms with Crippen molar-refractivity contribution in [1.29, 1.82) is 0 Å². The molecule has 0 fully saturated rings. The van der Waals surface area contributed by atoms with Crippen molar-refractivity contribution in [3.05, 3.63) is 22.2 Å². The van der Waals surface area contributed by atoms with Crippen LogP contribution in [0.5, 0.6) is 11.5 Å². The molecule has 2 aromatic rings. The van der Waals surface area contributed by atoms with Gasteiger partial charge >= 0.3 is 0 Å². The molecule has 0 radical (unpaired) electrons. The Morgan fingerprint density at radius 2 is 2.14 bits per heavy atom. The van der Waals surface area contributed by atoms with Crippen molar-refractivity contribution in [2.75, 3.05) is 37.5 Å². The van der Waals surface area contributed by atoms with E-state index in [2.05, 4.69) is 36.4 Å². The molecule has 0 aliphatic carbocycles. The first kappa shape index (κ1) is 15.0. The van der Waals surface area contributed by atoms with Crippen LogP contribution in [0.4, 0.5) is 11.9 Å². The van der Waals surface area contributed by atoms with E-state index in [1.54, 1.807) is 0 Å². The Bertz CT molecular complexity index is 659. The van der Waals surface area contributed by atoms with Gasteiger partial charge in [0, 0.05) is 27.1 Å². The lowest BCUT2D eigenvalue weighted by Crippen LogP contribution is -2.10. The lowest BCUT2D eigenvalue weighted by atomic mass is 10.2. The van der Waals surface area contributed by atoms with Gasteiger partial charge in [-0.05, 0) is 33.6 Å². The number of anilines is 2. The number of hydrogen-bond donors (Lipinski definition) is 2. The van der Waals surface area contributed by atoms with E-state index in [1.165, 1.54) is 0 Å². The summed E-state index contributed by atoms with van der Waals surface area (Å²) in [5.74, 6) is 2.82. The monoisotopic (exact) mass is 367 g/mol. The SMILES string of the molecule is CN(C)c1n[nH]c(NCc2cc(Br)c3c(c2)OCCCO3)n1. The first-order valence-corrected chi connectivity index (χ1v) is 7.84. The summed E-state index contributed by atoms with van der Waals surface area (Å²) in [6.45, 7) is 1.95. The number of aromatic amines is 1. The third kappa shape index (κ3) is 3.27. The first-order chi connectivity index (χ1) is 10.6. The van der Waals surface area contributed by atoms with Crippen LogP contribution in [-0.2, 0) is 6.54 Å². The fraction of sp³-hybridized carbons (Fsp3) is 0.429. The fourth-order valence-electron chi connectivity index (χ4n) is 2.10. The van der Waals surface area contributed by atoms with Crippen molar-refractivity contribution in [2.45, 2.75) is 13.0 Å². The van der Waals surface area contributed by atoms with Crippen LogP contribution in [0.25, 0.3) is 0 Å². The lowest BCUT2D eigenvalue weighted by Gasteiger charge is -2.12. The van der Waals surface area contributed by atoms with Crippen LogP contribution in [0.2, 0.25) is 0 Å². The van der Waals surface area contributed by atoms with Crippen LogP contribution in [0.1, 0.15) is 12.0 Å². The number of halogens is 1. The molecule has 0 bridgehead atoms. The van der Waals surface area contributed by atoms with Gasteiger partial charge in [0.2, 0.25) is 11.9 Å². The van der Waals surface area contributed by atoms with Crippen molar-refractivity contribution in [3.63, 3.8) is 0 Å². The van der Waals surface area contributed by atoms with Crippen LogP contribution in [-0.4, -0.2) is 42.5 Å². The first-order valence-electron chi connectivity index (χ1n) is 7.05. The van der Waals surface area contributed by atoms with Gasteiger partial charge in [0.1, 0.15) is 0 Å². The molecule has 1 aromatic heterocycles. The minimum atomic E-state index is 0.608. The minimum Gasteiger partial charge on any atom is -0.490 e. The highest BCUT2D eigenvalue weighted by atomic mass is 79.9. The van der Waals surface area contributed by atoms with Crippen molar-refractivity contribution >= 4 is 27.8 Å². The van der Waals surface area contributed by atoms with Crippen LogP contribution >= 0.6 is 15.9 Å². The Morgan fingerprint density at radius 1 is 1.32 bits per heavy atom. The lowest BCUT2D eigenvalue weighted by molar-refractivity contribution is 0.296. The molecule has 0 saturated carbocycles. The molecule has 1 aromatic carbocycles. The normalized spacial score (nSPS) is 13.6. The molecule has 0 atom stereocenters. The molecule has 2 N–H and O–H groups in total. The average molecular weight is 368 g/mol. The van der Waals surface area contributed by atoms with E-state index in [-0.39, 0.29) is 0 Å². The molecule has 3 rings (SSSR count). The predicted molar refractivity (Wildman–Crippen MR) is 87.8 cm³/mol. The predicted octanol–water partition coefficient (Wildman–Crippen LogP) is 2.41. The Hall–Kier alpha value is -1.96. The molecule has 0 saturated heterocycles. The molecule has 2 heterocycles. The number of nitrogens with one attached hydrogen (secondary N) is 2. The van der Waals surface area contributed by atoms with E-state index in [4.69, 9.17) is 9.47 Å². The largest absolute Gasteiger partial charge is 0.490 e. The van der Waals surface area contributed by atoms with E-state index < -0.39 is 0 Å². The summed E-state index contributed by atoms with van der Waals surface area (Å²) in [6.07, 6.45) is 0.889. The summed E-state index contributed by atoms with van der Waals surface area (Å²) in [5.41, 5.74) is 1.07. The van der Waals surface area contributed by atoms with Crippen molar-refractivity contribution in [2.24, 2.45) is 0 Å². The van der Waals surface area contributed by atoms with E-state index in [0.29, 0.717) is 31.7 Å². The van der Waals surface area contributed by atoms with Gasteiger partial charge in [-0.15, -0.1) is 5.10 Å². The fourth-order valence-corrected chi connectivity index (χ4v) is 2.71. The molecule has 0 unspecified atom stereocenters. The topological polar surface area (TPSA) is 75.3 Å². The Kier molecular flexibility index (Phi) is 4.37. The van der Waals surface area contributed by atoms with Crippen molar-refractivity contribution < 1.29 is 9.47 Å². The second-order valence-electron chi connectivity index (χ2n) is 5.19. The molecular formula is C14H18BrN5O2. The van der Waals surface area contributed by atoms with E-state index in [0.717, 1.165) is 28.0 Å². The minimum absolute atomic E-state index is 0.608. The number of H-pyrrole nitrogens is 1. The molecule has 1 aliphatic heterocycles. The number of aromatic nitrogens is 3. The van der Waals surface area contributed by atoms with Gasteiger partial charge in [-0.25, -0.2) is 5.10 Å². The Balaban J connectivity index is 1.72. The number of benzene rings is 1. The number of rotatable bonds is 4. The summed E-state index contributed by atoms with van der Waals surface area (Å²) in [4.78, 5) is 6.17. The number of fused-ring (bicyclic) bond motifs is 1. The van der Waals surface area contributed by atoms with E-state index in [1.807, 2.05) is 31.1 Å². The summed E-state index contributed by atoms with van der Waals surface area (Å²) in [5, 5.41) is 10.2. The third-order valence-electron chi connectivity index (χ3n) is 3.20. The van der Waals surface area contributed by atoms with Crippen LogP contribution in [0.15, 0.2) is 16.6 Å². The summed E-state index contributed by atoms with van der Waals surface area (Å²) in [6, 6.07) is 4.01. The summed E-state index contributed by atoms with van der Waals surface area (Å²) in [7, 11) is 3.79. The molecule has 0 spiro atoms. The van der Waals surface area contributed by atoms with Gasteiger partial charge in [-0.2, -0.15) is 4.98 Å². The molecule has 1 aliphatic rings. The van der Waals surface area contributed by atoms with Gasteiger partial charge in [0.15, 0.2) is 11.5 Å². The van der Waals surface area contributed by atoms with Crippen LogP contribution in [0, 0.1) is 0 Å². The number of nitrogens with zero attached hydrogens (tertiary/aromatic N) is 3. The van der Waals surface area contributed by atoms with Gasteiger partial charge in [-0.1, -0.05) is 0 Å². The molecule has 118 valence electrons. The van der Waals surface area contributed by atoms with Crippen molar-refractivity contribution in [1.82, 2.24) is 15.2 Å². The summed E-state index contributed by atoms with van der Waals surface area (Å²) < 4.78 is 12.3. The standard InChI is InChI=1S/C14H18BrN5O2/c1-20(2)14-17-13(18-19-14)16-8-9-6-10(15)12-11(7-9)21-4-3-5-22-12/h6-7H,3-5,8H2,1-2H3,(H2,16,17,18,19). The van der Waals surface area contributed by atoms with Crippen molar-refractivity contribution in [3.8, 4) is 11.5 Å². The summed E-state index contributed by atoms with van der Waals surface area (Å²) >= 11 is 3.54. The molecule has 7 nitrogen and oxygen atoms in total. The number of ether oxygens (including phenoxy) is 2.